The van der Waals surface area contributed by atoms with E-state index < -0.39 is 0 Å². The van der Waals surface area contributed by atoms with E-state index in [-0.39, 0.29) is 0 Å². The number of hydrogen-bond acceptors (Lipinski definition) is 0. The summed E-state index contributed by atoms with van der Waals surface area (Å²) >= 11 is 0. The van der Waals surface area contributed by atoms with E-state index in [1.54, 1.807) is 0 Å². The lowest BCUT2D eigenvalue weighted by Crippen LogP contribution is -1.97. The summed E-state index contributed by atoms with van der Waals surface area (Å²) in [6, 6.07) is 71.0. The molecule has 0 amide bonds. The minimum absolute atomic E-state index is 1.15. The fraction of sp³-hybridized carbons (Fsp3) is 0. The van der Waals surface area contributed by atoms with Crippen molar-refractivity contribution in [1.82, 2.24) is 9.13 Å². The fourth-order valence-electron chi connectivity index (χ4n) is 8.52. The van der Waals surface area contributed by atoms with Crippen molar-refractivity contribution in [2.45, 2.75) is 0 Å². The number of aromatic nitrogens is 2. The maximum absolute atomic E-state index is 2.49. The lowest BCUT2D eigenvalue weighted by atomic mass is 9.99. The third-order valence-electron chi connectivity index (χ3n) is 10.9. The maximum atomic E-state index is 2.49. The van der Waals surface area contributed by atoms with Gasteiger partial charge in [-0.25, -0.2) is 0 Å². The first-order chi connectivity index (χ1) is 25.8. The van der Waals surface area contributed by atoms with Crippen molar-refractivity contribution < 1.29 is 0 Å². The summed E-state index contributed by atoms with van der Waals surface area (Å²) in [5.41, 5.74) is 12.0. The minimum Gasteiger partial charge on any atom is -0.309 e. The highest BCUT2D eigenvalue weighted by Crippen LogP contribution is 2.42. The monoisotopic (exact) mass is 660 g/mol. The van der Waals surface area contributed by atoms with Crippen LogP contribution >= 0.6 is 0 Å². The average molecular weight is 661 g/mol. The zero-order valence-corrected chi connectivity index (χ0v) is 28.4. The van der Waals surface area contributed by atoms with Gasteiger partial charge in [-0.15, -0.1) is 0 Å². The smallest absolute Gasteiger partial charge is 0.0562 e. The Balaban J connectivity index is 1.20. The summed E-state index contributed by atoms with van der Waals surface area (Å²) < 4.78 is 4.95. The third-order valence-corrected chi connectivity index (χ3v) is 10.9. The highest BCUT2D eigenvalue weighted by Gasteiger charge is 2.20. The van der Waals surface area contributed by atoms with Crippen LogP contribution in [0.15, 0.2) is 194 Å². The summed E-state index contributed by atoms with van der Waals surface area (Å²) in [6.45, 7) is 0. The third kappa shape index (κ3) is 4.31. The second-order valence-electron chi connectivity index (χ2n) is 13.8. The van der Waals surface area contributed by atoms with E-state index in [0.29, 0.717) is 0 Å². The molecule has 2 aromatic heterocycles. The van der Waals surface area contributed by atoms with Crippen LogP contribution in [0.1, 0.15) is 0 Å². The topological polar surface area (TPSA) is 9.86 Å². The predicted octanol–water partition coefficient (Wildman–Crippen LogP) is 13.5. The van der Waals surface area contributed by atoms with Crippen LogP contribution < -0.4 is 0 Å². The molecule has 0 atom stereocenters. The van der Waals surface area contributed by atoms with Gasteiger partial charge in [-0.3, -0.25) is 0 Å². The van der Waals surface area contributed by atoms with Crippen LogP contribution in [0.25, 0.3) is 98.8 Å². The standard InChI is InChI=1S/C50H32N2/c1-2-14-33(15-3-1)34-17-12-18-35(28-34)36-19-13-20-38(29-36)51-46-26-10-8-24-42(46)44-31-45-43-25-9-11-27-47(43)52(50(45)32-49(44)51)48-30-37-16-4-5-21-39(37)40-22-6-7-23-41(40)48/h1-32H. The van der Waals surface area contributed by atoms with Crippen molar-refractivity contribution >= 4 is 65.2 Å². The molecule has 0 aliphatic rings. The lowest BCUT2D eigenvalue weighted by Gasteiger charge is -2.15. The van der Waals surface area contributed by atoms with Crippen LogP contribution in [0, 0.1) is 0 Å². The highest BCUT2D eigenvalue weighted by molar-refractivity contribution is 6.20. The van der Waals surface area contributed by atoms with Crippen molar-refractivity contribution in [3.05, 3.63) is 194 Å². The van der Waals surface area contributed by atoms with Crippen LogP contribution in [0.4, 0.5) is 0 Å². The summed E-state index contributed by atoms with van der Waals surface area (Å²) in [6.07, 6.45) is 0. The molecule has 0 aliphatic heterocycles. The number of rotatable bonds is 4. The van der Waals surface area contributed by atoms with Gasteiger partial charge >= 0.3 is 0 Å². The van der Waals surface area contributed by atoms with Crippen LogP contribution in [-0.2, 0) is 0 Å². The fourth-order valence-corrected chi connectivity index (χ4v) is 8.52. The van der Waals surface area contributed by atoms with Gasteiger partial charge in [0.15, 0.2) is 0 Å². The average Bonchev–Trinajstić information content (AvgIpc) is 3.72. The van der Waals surface area contributed by atoms with Crippen molar-refractivity contribution in [3.63, 3.8) is 0 Å². The molecule has 0 unspecified atom stereocenters. The Hall–Kier alpha value is -6.90. The van der Waals surface area contributed by atoms with Gasteiger partial charge in [0.05, 0.1) is 27.8 Å². The molecule has 11 rings (SSSR count). The van der Waals surface area contributed by atoms with Crippen LogP contribution in [0.3, 0.4) is 0 Å². The lowest BCUT2D eigenvalue weighted by molar-refractivity contribution is 1.17. The summed E-state index contributed by atoms with van der Waals surface area (Å²) in [7, 11) is 0. The van der Waals surface area contributed by atoms with E-state index >= 15 is 0 Å². The molecular weight excluding hydrogens is 629 g/mol. The van der Waals surface area contributed by atoms with E-state index in [1.807, 2.05) is 0 Å². The Morgan fingerprint density at radius 3 is 1.52 bits per heavy atom. The second-order valence-corrected chi connectivity index (χ2v) is 13.8. The molecule has 2 heteroatoms. The second kappa shape index (κ2) is 11.3. The number of hydrogen-bond donors (Lipinski definition) is 0. The molecule has 9 aromatic carbocycles. The number of nitrogens with zero attached hydrogens (tertiary/aromatic N) is 2. The Bertz CT molecular complexity index is 3180. The van der Waals surface area contributed by atoms with Gasteiger partial charge in [0.2, 0.25) is 0 Å². The van der Waals surface area contributed by atoms with Gasteiger partial charge in [-0.05, 0) is 86.9 Å². The summed E-state index contributed by atoms with van der Waals surface area (Å²) in [5, 5.41) is 10.1. The predicted molar refractivity (Wildman–Crippen MR) is 221 cm³/mol. The Morgan fingerprint density at radius 1 is 0.250 bits per heavy atom. The molecule has 52 heavy (non-hydrogen) atoms. The Kier molecular flexibility index (Phi) is 6.28. The van der Waals surface area contributed by atoms with Crippen LogP contribution in [0.5, 0.6) is 0 Å². The molecule has 0 fully saturated rings. The van der Waals surface area contributed by atoms with Crippen molar-refractivity contribution in [1.29, 1.82) is 0 Å². The molecule has 2 heterocycles. The first kappa shape index (κ1) is 28.9. The van der Waals surface area contributed by atoms with Gasteiger partial charge in [0, 0.05) is 32.6 Å². The molecule has 0 spiro atoms. The van der Waals surface area contributed by atoms with Gasteiger partial charge < -0.3 is 9.13 Å². The molecule has 0 N–H and O–H groups in total. The number of benzene rings is 9. The highest BCUT2D eigenvalue weighted by atomic mass is 15.0. The van der Waals surface area contributed by atoms with Crippen molar-refractivity contribution in [2.75, 3.05) is 0 Å². The quantitative estimate of drug-likeness (QED) is 0.166. The van der Waals surface area contributed by atoms with Gasteiger partial charge in [-0.2, -0.15) is 0 Å². The zero-order valence-electron chi connectivity index (χ0n) is 28.4. The van der Waals surface area contributed by atoms with Crippen molar-refractivity contribution in [2.24, 2.45) is 0 Å². The van der Waals surface area contributed by atoms with E-state index in [0.717, 1.165) is 5.69 Å². The molecule has 0 radical (unpaired) electrons. The van der Waals surface area contributed by atoms with Gasteiger partial charge in [0.25, 0.3) is 0 Å². The first-order valence-electron chi connectivity index (χ1n) is 17.9. The molecular formula is C50H32N2. The van der Waals surface area contributed by atoms with Crippen LogP contribution in [-0.4, -0.2) is 9.13 Å². The van der Waals surface area contributed by atoms with Crippen LogP contribution in [0.2, 0.25) is 0 Å². The molecule has 0 saturated heterocycles. The SMILES string of the molecule is c1ccc(-c2cccc(-c3cccc(-n4c5ccccc5c5cc6c7ccccc7n(-c7cc8ccccc8c8ccccc78)c6cc54)c3)c2)cc1. The molecule has 0 saturated carbocycles. The number of para-hydroxylation sites is 2. The minimum atomic E-state index is 1.15. The van der Waals surface area contributed by atoms with E-state index in [9.17, 15) is 0 Å². The molecule has 2 nitrogen and oxygen atoms in total. The Morgan fingerprint density at radius 2 is 0.769 bits per heavy atom. The van der Waals surface area contributed by atoms with E-state index in [4.69, 9.17) is 0 Å². The molecule has 242 valence electrons. The van der Waals surface area contributed by atoms with E-state index in [1.165, 1.54) is 93.1 Å². The Labute approximate surface area is 301 Å². The maximum Gasteiger partial charge on any atom is 0.0562 e. The van der Waals surface area contributed by atoms with Gasteiger partial charge in [-0.1, -0.05) is 146 Å². The summed E-state index contributed by atoms with van der Waals surface area (Å²) in [4.78, 5) is 0. The molecule has 0 aliphatic carbocycles. The summed E-state index contributed by atoms with van der Waals surface area (Å²) in [5.74, 6) is 0. The van der Waals surface area contributed by atoms with E-state index in [2.05, 4.69) is 203 Å². The largest absolute Gasteiger partial charge is 0.309 e. The normalized spacial score (nSPS) is 11.8. The van der Waals surface area contributed by atoms with Gasteiger partial charge in [0.1, 0.15) is 0 Å². The molecule has 0 bridgehead atoms. The van der Waals surface area contributed by atoms with Crippen molar-refractivity contribution in [3.8, 4) is 33.6 Å². The first-order valence-corrected chi connectivity index (χ1v) is 17.9. The molecule has 11 aromatic rings. The zero-order chi connectivity index (χ0) is 34.2. The number of fused-ring (bicyclic) bond motifs is 9.